The predicted molar refractivity (Wildman–Crippen MR) is 91.6 cm³/mol. The van der Waals surface area contributed by atoms with Crippen LogP contribution in [0.4, 0.5) is 0 Å². The third-order valence-corrected chi connectivity index (χ3v) is 5.59. The summed E-state index contributed by atoms with van der Waals surface area (Å²) in [6.45, 7) is 0.804. The number of carbonyl (C=O) groups excluding carboxylic acids is 1. The van der Waals surface area contributed by atoms with Crippen LogP contribution in [0, 0.1) is 0 Å². The highest BCUT2D eigenvalue weighted by Gasteiger charge is 2.20. The van der Waals surface area contributed by atoms with E-state index >= 15 is 0 Å². The summed E-state index contributed by atoms with van der Waals surface area (Å²) in [6, 6.07) is 2.23. The smallest absolute Gasteiger partial charge is 0.226 e. The molecule has 23 heavy (non-hydrogen) atoms. The summed E-state index contributed by atoms with van der Waals surface area (Å²) in [6.07, 6.45) is 5.99. The molecule has 3 aromatic rings. The van der Waals surface area contributed by atoms with Crippen LogP contribution in [-0.2, 0) is 24.2 Å². The second-order valence-corrected chi connectivity index (χ2v) is 7.27. The Kier molecular flexibility index (Phi) is 3.97. The number of imidazole rings is 1. The van der Waals surface area contributed by atoms with Gasteiger partial charge in [0.2, 0.25) is 5.91 Å². The Labute approximate surface area is 142 Å². The Hall–Kier alpha value is -1.99. The normalized spacial score (nSPS) is 17.0. The molecule has 4 heterocycles. The number of rotatable bonds is 4. The van der Waals surface area contributed by atoms with Crippen LogP contribution in [0.15, 0.2) is 34.6 Å². The molecule has 5 nitrogen and oxygen atoms in total. The second kappa shape index (κ2) is 6.25. The fourth-order valence-electron chi connectivity index (χ4n) is 2.83. The summed E-state index contributed by atoms with van der Waals surface area (Å²) in [5.41, 5.74) is 1.97. The van der Waals surface area contributed by atoms with Crippen molar-refractivity contribution in [3.63, 3.8) is 0 Å². The quantitative estimate of drug-likeness (QED) is 0.792. The maximum atomic E-state index is 12.3. The monoisotopic (exact) mass is 344 g/mol. The number of aromatic nitrogens is 3. The van der Waals surface area contributed by atoms with Crippen molar-refractivity contribution in [1.29, 1.82) is 0 Å². The molecule has 0 fully saturated rings. The minimum Gasteiger partial charge on any atom is -0.351 e. The fourth-order valence-corrected chi connectivity index (χ4v) is 4.37. The number of hydrogen-bond donors (Lipinski definition) is 1. The van der Waals surface area contributed by atoms with Gasteiger partial charge in [-0.25, -0.2) is 9.97 Å². The van der Waals surface area contributed by atoms with Crippen LogP contribution in [0.25, 0.3) is 10.6 Å². The molecule has 1 amide bonds. The summed E-state index contributed by atoms with van der Waals surface area (Å²) >= 11 is 3.25. The van der Waals surface area contributed by atoms with Gasteiger partial charge in [0.15, 0.2) is 0 Å². The van der Waals surface area contributed by atoms with Crippen molar-refractivity contribution < 1.29 is 4.79 Å². The molecular weight excluding hydrogens is 328 g/mol. The lowest BCUT2D eigenvalue weighted by Crippen LogP contribution is -2.41. The van der Waals surface area contributed by atoms with Gasteiger partial charge in [-0.1, -0.05) is 0 Å². The zero-order chi connectivity index (χ0) is 15.6. The molecule has 0 aromatic carbocycles. The van der Waals surface area contributed by atoms with Crippen LogP contribution in [0.5, 0.6) is 0 Å². The standard InChI is InChI=1S/C16H16N4OS2/c21-15(18-12-1-2-14-17-4-5-20(14)8-12)7-13-10-23-16(19-13)11-3-6-22-9-11/h3-6,9-10,12H,1-2,7-8H2,(H,18,21)/t12-/m0/s1. The van der Waals surface area contributed by atoms with Crippen LogP contribution in [-0.4, -0.2) is 26.5 Å². The van der Waals surface area contributed by atoms with E-state index in [1.165, 1.54) is 0 Å². The van der Waals surface area contributed by atoms with E-state index in [0.29, 0.717) is 6.42 Å². The van der Waals surface area contributed by atoms with Gasteiger partial charge in [0.05, 0.1) is 12.1 Å². The molecule has 0 radical (unpaired) electrons. The van der Waals surface area contributed by atoms with Crippen molar-refractivity contribution in [2.24, 2.45) is 0 Å². The summed E-state index contributed by atoms with van der Waals surface area (Å²) in [5, 5.41) is 10.2. The maximum absolute atomic E-state index is 12.3. The molecule has 1 aliphatic rings. The molecular formula is C16H16N4OS2. The lowest BCUT2D eigenvalue weighted by molar-refractivity contribution is -0.121. The average molecular weight is 344 g/mol. The fraction of sp³-hybridized carbons (Fsp3) is 0.312. The van der Waals surface area contributed by atoms with E-state index in [1.807, 2.05) is 23.2 Å². The molecule has 0 unspecified atom stereocenters. The highest BCUT2D eigenvalue weighted by molar-refractivity contribution is 7.14. The Bertz CT molecular complexity index is 806. The van der Waals surface area contributed by atoms with Crippen molar-refractivity contribution in [2.45, 2.75) is 31.8 Å². The van der Waals surface area contributed by atoms with Gasteiger partial charge in [-0.2, -0.15) is 11.3 Å². The van der Waals surface area contributed by atoms with Gasteiger partial charge in [0.1, 0.15) is 10.8 Å². The van der Waals surface area contributed by atoms with Gasteiger partial charge in [-0.05, 0) is 17.9 Å². The van der Waals surface area contributed by atoms with Crippen LogP contribution in [0.2, 0.25) is 0 Å². The summed E-state index contributed by atoms with van der Waals surface area (Å²) < 4.78 is 2.12. The first-order valence-electron chi connectivity index (χ1n) is 7.54. The lowest BCUT2D eigenvalue weighted by atomic mass is 10.1. The predicted octanol–water partition coefficient (Wildman–Crippen LogP) is 2.74. The Balaban J connectivity index is 1.36. The Morgan fingerprint density at radius 3 is 3.26 bits per heavy atom. The van der Waals surface area contributed by atoms with Crippen LogP contribution >= 0.6 is 22.7 Å². The lowest BCUT2D eigenvalue weighted by Gasteiger charge is -2.24. The first-order valence-corrected chi connectivity index (χ1v) is 9.36. The maximum Gasteiger partial charge on any atom is 0.226 e. The van der Waals surface area contributed by atoms with E-state index in [2.05, 4.69) is 31.3 Å². The number of hydrogen-bond acceptors (Lipinski definition) is 5. The third-order valence-electron chi connectivity index (χ3n) is 3.96. The summed E-state index contributed by atoms with van der Waals surface area (Å²) in [4.78, 5) is 21.1. The van der Waals surface area contributed by atoms with E-state index in [0.717, 1.165) is 41.5 Å². The molecule has 1 aliphatic heterocycles. The summed E-state index contributed by atoms with van der Waals surface area (Å²) in [5.74, 6) is 1.15. The molecule has 0 spiro atoms. The highest BCUT2D eigenvalue weighted by Crippen LogP contribution is 2.25. The van der Waals surface area contributed by atoms with Gasteiger partial charge in [-0.15, -0.1) is 11.3 Å². The number of nitrogens with zero attached hydrogens (tertiary/aromatic N) is 3. The zero-order valence-electron chi connectivity index (χ0n) is 12.4. The Morgan fingerprint density at radius 2 is 2.39 bits per heavy atom. The van der Waals surface area contributed by atoms with Crippen molar-refractivity contribution in [1.82, 2.24) is 19.9 Å². The minimum atomic E-state index is 0.0423. The third kappa shape index (κ3) is 3.20. The molecule has 0 saturated heterocycles. The molecule has 4 rings (SSSR count). The topological polar surface area (TPSA) is 59.8 Å². The van der Waals surface area contributed by atoms with E-state index in [4.69, 9.17) is 0 Å². The van der Waals surface area contributed by atoms with Gasteiger partial charge >= 0.3 is 0 Å². The highest BCUT2D eigenvalue weighted by atomic mass is 32.1. The van der Waals surface area contributed by atoms with Crippen LogP contribution < -0.4 is 5.32 Å². The van der Waals surface area contributed by atoms with E-state index in [1.54, 1.807) is 22.7 Å². The molecule has 3 aromatic heterocycles. The summed E-state index contributed by atoms with van der Waals surface area (Å²) in [7, 11) is 0. The zero-order valence-corrected chi connectivity index (χ0v) is 14.1. The number of amides is 1. The van der Waals surface area contributed by atoms with E-state index in [9.17, 15) is 4.79 Å². The van der Waals surface area contributed by atoms with Crippen molar-refractivity contribution >= 4 is 28.6 Å². The first kappa shape index (κ1) is 14.6. The SMILES string of the molecule is O=C(Cc1csc(-c2ccsc2)n1)N[C@H]1CCc2nccn2C1. The number of nitrogens with one attached hydrogen (secondary N) is 1. The van der Waals surface area contributed by atoms with Gasteiger partial charge in [-0.3, -0.25) is 4.79 Å². The first-order chi connectivity index (χ1) is 11.3. The van der Waals surface area contributed by atoms with Gasteiger partial charge in [0, 0.05) is 47.7 Å². The van der Waals surface area contributed by atoms with E-state index in [-0.39, 0.29) is 11.9 Å². The largest absolute Gasteiger partial charge is 0.351 e. The number of aryl methyl sites for hydroxylation is 1. The van der Waals surface area contributed by atoms with Crippen LogP contribution in [0.3, 0.4) is 0 Å². The molecule has 1 atom stereocenters. The molecule has 1 N–H and O–H groups in total. The number of carbonyl (C=O) groups is 1. The number of fused-ring (bicyclic) bond motifs is 1. The van der Waals surface area contributed by atoms with Gasteiger partial charge in [0.25, 0.3) is 0 Å². The minimum absolute atomic E-state index is 0.0423. The molecule has 0 aliphatic carbocycles. The van der Waals surface area contributed by atoms with Gasteiger partial charge < -0.3 is 9.88 Å². The van der Waals surface area contributed by atoms with Crippen LogP contribution in [0.1, 0.15) is 17.9 Å². The Morgan fingerprint density at radius 1 is 1.43 bits per heavy atom. The second-order valence-electron chi connectivity index (χ2n) is 5.63. The molecule has 118 valence electrons. The average Bonchev–Trinajstić information content (AvgIpc) is 3.27. The number of thiazole rings is 1. The number of thiophene rings is 1. The van der Waals surface area contributed by atoms with Crippen molar-refractivity contribution in [3.8, 4) is 10.6 Å². The molecule has 7 heteroatoms. The molecule has 0 saturated carbocycles. The van der Waals surface area contributed by atoms with E-state index < -0.39 is 0 Å². The van der Waals surface area contributed by atoms with Crippen molar-refractivity contribution in [3.05, 3.63) is 46.1 Å². The van der Waals surface area contributed by atoms with Crippen molar-refractivity contribution in [2.75, 3.05) is 0 Å². The molecule has 0 bridgehead atoms.